The van der Waals surface area contributed by atoms with Crippen LogP contribution in [0.3, 0.4) is 0 Å². The van der Waals surface area contributed by atoms with Gasteiger partial charge in [0.15, 0.2) is 0 Å². The third-order valence-electron chi connectivity index (χ3n) is 4.08. The van der Waals surface area contributed by atoms with E-state index in [0.29, 0.717) is 5.54 Å². The molecule has 17 heavy (non-hydrogen) atoms. The fraction of sp³-hybridized carbons (Fsp3) is 0.714. The molecule has 0 aromatic carbocycles. The third-order valence-corrected chi connectivity index (χ3v) is 5.90. The number of hydrogen-bond donors (Lipinski definition) is 0. The predicted octanol–water partition coefficient (Wildman–Crippen LogP) is 5.01. The van der Waals surface area contributed by atoms with Gasteiger partial charge < -0.3 is 0 Å². The Labute approximate surface area is 117 Å². The van der Waals surface area contributed by atoms with E-state index in [1.54, 1.807) is 4.88 Å². The van der Waals surface area contributed by atoms with Gasteiger partial charge in [0.2, 0.25) is 0 Å². The molecule has 0 unspecified atom stereocenters. The Morgan fingerprint density at radius 2 is 1.82 bits per heavy atom. The normalized spacial score (nSPS) is 19.8. The van der Waals surface area contributed by atoms with Crippen molar-refractivity contribution >= 4 is 27.3 Å². The lowest BCUT2D eigenvalue weighted by molar-refractivity contribution is 0.0601. The summed E-state index contributed by atoms with van der Waals surface area (Å²) in [5.74, 6) is 0. The molecule has 1 aromatic rings. The van der Waals surface area contributed by atoms with Gasteiger partial charge in [-0.25, -0.2) is 0 Å². The highest BCUT2D eigenvalue weighted by molar-refractivity contribution is 9.11. The van der Waals surface area contributed by atoms with Gasteiger partial charge in [-0.3, -0.25) is 4.90 Å². The molecule has 0 radical (unpaired) electrons. The average Bonchev–Trinajstić information content (AvgIpc) is 2.79. The lowest BCUT2D eigenvalue weighted by atomic mass is 9.79. The summed E-state index contributed by atoms with van der Waals surface area (Å²) in [7, 11) is 0. The molecule has 0 bridgehead atoms. The van der Waals surface area contributed by atoms with Gasteiger partial charge in [0.05, 0.1) is 9.33 Å². The van der Waals surface area contributed by atoms with Gasteiger partial charge in [-0.2, -0.15) is 0 Å². The molecule has 3 heteroatoms. The van der Waals surface area contributed by atoms with Crippen LogP contribution < -0.4 is 0 Å². The maximum atomic E-state index is 3.62. The molecule has 0 atom stereocenters. The van der Waals surface area contributed by atoms with Gasteiger partial charge in [0.1, 0.15) is 0 Å². The summed E-state index contributed by atoms with van der Waals surface area (Å²) in [4.78, 5) is 4.23. The fourth-order valence-corrected chi connectivity index (χ4v) is 4.91. The maximum absolute atomic E-state index is 3.62. The van der Waals surface area contributed by atoms with Crippen molar-refractivity contribution in [2.45, 2.75) is 51.5 Å². The minimum atomic E-state index is 0.332. The number of thiophene rings is 1. The van der Waals surface area contributed by atoms with Crippen LogP contribution in [-0.2, 0) is 5.54 Å². The molecule has 0 amide bonds. The van der Waals surface area contributed by atoms with Crippen molar-refractivity contribution in [3.05, 3.63) is 20.8 Å². The standard InChI is InChI=1S/C14H22BrNS/c1-3-16(4-2)14(10-6-5-7-11-14)12-8-9-13(15)17-12/h8-9H,3-7,10-11H2,1-2H3. The zero-order chi connectivity index (χ0) is 12.3. The van der Waals surface area contributed by atoms with Crippen molar-refractivity contribution in [2.24, 2.45) is 0 Å². The number of hydrogen-bond acceptors (Lipinski definition) is 2. The molecular formula is C14H22BrNS. The zero-order valence-corrected chi connectivity index (χ0v) is 13.2. The molecule has 1 aromatic heterocycles. The Morgan fingerprint density at radius 3 is 2.29 bits per heavy atom. The van der Waals surface area contributed by atoms with E-state index >= 15 is 0 Å². The highest BCUT2D eigenvalue weighted by atomic mass is 79.9. The van der Waals surface area contributed by atoms with Crippen LogP contribution in [-0.4, -0.2) is 18.0 Å². The molecule has 0 N–H and O–H groups in total. The van der Waals surface area contributed by atoms with Crippen LogP contribution in [0.2, 0.25) is 0 Å². The van der Waals surface area contributed by atoms with Gasteiger partial charge >= 0.3 is 0 Å². The highest BCUT2D eigenvalue weighted by Crippen LogP contribution is 2.45. The molecule has 1 heterocycles. The summed E-state index contributed by atoms with van der Waals surface area (Å²) in [6.45, 7) is 6.91. The second kappa shape index (κ2) is 5.85. The molecule has 1 aliphatic carbocycles. The second-order valence-corrected chi connectivity index (χ2v) is 7.33. The van der Waals surface area contributed by atoms with Crippen molar-refractivity contribution in [3.63, 3.8) is 0 Å². The Bertz CT molecular complexity index is 351. The van der Waals surface area contributed by atoms with Crippen LogP contribution in [0.15, 0.2) is 15.9 Å². The van der Waals surface area contributed by atoms with Gasteiger partial charge in [-0.15, -0.1) is 11.3 Å². The number of nitrogens with zero attached hydrogens (tertiary/aromatic N) is 1. The van der Waals surface area contributed by atoms with Crippen LogP contribution in [0.1, 0.15) is 50.8 Å². The second-order valence-electron chi connectivity index (χ2n) is 4.87. The van der Waals surface area contributed by atoms with Crippen LogP contribution in [0.4, 0.5) is 0 Å². The molecule has 96 valence electrons. The Kier molecular flexibility index (Phi) is 4.67. The summed E-state index contributed by atoms with van der Waals surface area (Å²) in [5.41, 5.74) is 0.332. The lowest BCUT2D eigenvalue weighted by Gasteiger charge is -2.45. The van der Waals surface area contributed by atoms with Crippen LogP contribution >= 0.6 is 27.3 Å². The first-order valence-electron chi connectivity index (χ1n) is 6.74. The maximum Gasteiger partial charge on any atom is 0.0702 e. The van der Waals surface area contributed by atoms with Crippen molar-refractivity contribution in [2.75, 3.05) is 13.1 Å². The van der Waals surface area contributed by atoms with Gasteiger partial charge in [0, 0.05) is 4.88 Å². The molecule has 0 aliphatic heterocycles. The first kappa shape index (κ1) is 13.6. The van der Waals surface area contributed by atoms with Crippen molar-refractivity contribution < 1.29 is 0 Å². The van der Waals surface area contributed by atoms with E-state index in [0.717, 1.165) is 13.1 Å². The molecule has 0 spiro atoms. The minimum Gasteiger partial charge on any atom is -0.293 e. The topological polar surface area (TPSA) is 3.24 Å². The summed E-state index contributed by atoms with van der Waals surface area (Å²) in [6, 6.07) is 4.54. The van der Waals surface area contributed by atoms with Crippen LogP contribution in [0.5, 0.6) is 0 Å². The third kappa shape index (κ3) is 2.61. The molecule has 1 saturated carbocycles. The SMILES string of the molecule is CCN(CC)C1(c2ccc(Br)s2)CCCCC1. The van der Waals surface area contributed by atoms with Crippen LogP contribution in [0, 0.1) is 0 Å². The molecule has 1 fully saturated rings. The Morgan fingerprint density at radius 1 is 1.18 bits per heavy atom. The molecule has 2 rings (SSSR count). The van der Waals surface area contributed by atoms with Gasteiger partial charge in [-0.05, 0) is 54.0 Å². The van der Waals surface area contributed by atoms with E-state index in [4.69, 9.17) is 0 Å². The van der Waals surface area contributed by atoms with Gasteiger partial charge in [-0.1, -0.05) is 33.1 Å². The minimum absolute atomic E-state index is 0.332. The van der Waals surface area contributed by atoms with Gasteiger partial charge in [0.25, 0.3) is 0 Å². The summed E-state index contributed by atoms with van der Waals surface area (Å²) in [5, 5.41) is 0. The van der Waals surface area contributed by atoms with E-state index in [9.17, 15) is 0 Å². The first-order chi connectivity index (χ1) is 8.23. The number of halogens is 1. The Balaban J connectivity index is 2.35. The smallest absolute Gasteiger partial charge is 0.0702 e. The first-order valence-corrected chi connectivity index (χ1v) is 8.34. The van der Waals surface area contributed by atoms with E-state index < -0.39 is 0 Å². The highest BCUT2D eigenvalue weighted by Gasteiger charge is 2.39. The van der Waals surface area contributed by atoms with E-state index in [2.05, 4.69) is 46.8 Å². The van der Waals surface area contributed by atoms with E-state index in [1.807, 2.05) is 11.3 Å². The molecular weight excluding hydrogens is 294 g/mol. The Hall–Kier alpha value is 0.140. The van der Waals surface area contributed by atoms with Crippen molar-refractivity contribution in [1.29, 1.82) is 0 Å². The van der Waals surface area contributed by atoms with E-state index in [-0.39, 0.29) is 0 Å². The fourth-order valence-electron chi connectivity index (χ4n) is 3.25. The molecule has 1 aliphatic rings. The van der Waals surface area contributed by atoms with Crippen molar-refractivity contribution in [1.82, 2.24) is 4.90 Å². The monoisotopic (exact) mass is 315 g/mol. The van der Waals surface area contributed by atoms with E-state index in [1.165, 1.54) is 35.9 Å². The zero-order valence-electron chi connectivity index (χ0n) is 10.8. The van der Waals surface area contributed by atoms with Crippen molar-refractivity contribution in [3.8, 4) is 0 Å². The largest absolute Gasteiger partial charge is 0.293 e. The average molecular weight is 316 g/mol. The molecule has 0 saturated heterocycles. The van der Waals surface area contributed by atoms with Crippen LogP contribution in [0.25, 0.3) is 0 Å². The predicted molar refractivity (Wildman–Crippen MR) is 79.7 cm³/mol. The summed E-state index contributed by atoms with van der Waals surface area (Å²) >= 11 is 5.54. The quantitative estimate of drug-likeness (QED) is 0.754. The molecule has 1 nitrogen and oxygen atoms in total. The summed E-state index contributed by atoms with van der Waals surface area (Å²) in [6.07, 6.45) is 6.84. The summed E-state index contributed by atoms with van der Waals surface area (Å²) < 4.78 is 1.27. The number of rotatable bonds is 4. The lowest BCUT2D eigenvalue weighted by Crippen LogP contribution is -2.46.